The van der Waals surface area contributed by atoms with E-state index in [1.165, 1.54) is 25.0 Å². The first-order valence-corrected chi connectivity index (χ1v) is 10.2. The lowest BCUT2D eigenvalue weighted by atomic mass is 9.94. The van der Waals surface area contributed by atoms with Crippen molar-refractivity contribution in [3.63, 3.8) is 0 Å². The number of anilines is 1. The number of amides is 2. The third-order valence-electron chi connectivity index (χ3n) is 4.86. The summed E-state index contributed by atoms with van der Waals surface area (Å²) in [6.45, 7) is 1.65. The summed E-state index contributed by atoms with van der Waals surface area (Å²) in [4.78, 5) is 35.5. The number of hydrogen-bond donors (Lipinski definition) is 2. The van der Waals surface area contributed by atoms with E-state index in [4.69, 9.17) is 4.74 Å². The van der Waals surface area contributed by atoms with Crippen molar-refractivity contribution in [2.45, 2.75) is 45.6 Å². The van der Waals surface area contributed by atoms with E-state index in [0.29, 0.717) is 17.9 Å². The second kappa shape index (κ2) is 10.4. The molecule has 0 atom stereocenters. The minimum Gasteiger partial charge on any atom is -0.427 e. The summed E-state index contributed by atoms with van der Waals surface area (Å²) in [5, 5.41) is 5.72. The van der Waals surface area contributed by atoms with E-state index in [9.17, 15) is 14.4 Å². The van der Waals surface area contributed by atoms with Gasteiger partial charge < -0.3 is 15.4 Å². The van der Waals surface area contributed by atoms with Crippen molar-refractivity contribution >= 4 is 23.5 Å². The molecule has 30 heavy (non-hydrogen) atoms. The fourth-order valence-electron chi connectivity index (χ4n) is 3.37. The standard InChI is InChI=1S/C24H26N2O4/c1-17(27)30-22-9-5-8-20(15-22)24(29)25-16-19-10-12-21(13-11-19)26-23(28)14-18-6-3-2-4-7-18/h5,8-15H,2-4,6-7,16H2,1H3,(H,25,29)(H,26,28). The molecular weight excluding hydrogens is 380 g/mol. The fraction of sp³-hybridized carbons (Fsp3) is 0.292. The summed E-state index contributed by atoms with van der Waals surface area (Å²) in [6.07, 6.45) is 7.30. The molecule has 0 saturated heterocycles. The third-order valence-corrected chi connectivity index (χ3v) is 4.86. The Kier molecular flexibility index (Phi) is 7.38. The average Bonchev–Trinajstić information content (AvgIpc) is 2.73. The zero-order valence-corrected chi connectivity index (χ0v) is 17.1. The number of carbonyl (C=O) groups is 3. The van der Waals surface area contributed by atoms with Crippen LogP contribution in [-0.4, -0.2) is 17.8 Å². The van der Waals surface area contributed by atoms with Gasteiger partial charge in [0, 0.05) is 30.8 Å². The van der Waals surface area contributed by atoms with Gasteiger partial charge in [0.25, 0.3) is 5.91 Å². The molecular formula is C24H26N2O4. The number of allylic oxidation sites excluding steroid dienone is 1. The maximum atomic E-state index is 12.3. The van der Waals surface area contributed by atoms with Crippen LogP contribution in [-0.2, 0) is 16.1 Å². The fourth-order valence-corrected chi connectivity index (χ4v) is 3.37. The Morgan fingerprint density at radius 2 is 1.73 bits per heavy atom. The van der Waals surface area contributed by atoms with Gasteiger partial charge in [0.05, 0.1) is 0 Å². The van der Waals surface area contributed by atoms with Crippen molar-refractivity contribution in [1.29, 1.82) is 0 Å². The Hall–Kier alpha value is -3.41. The van der Waals surface area contributed by atoms with E-state index in [1.54, 1.807) is 24.3 Å². The summed E-state index contributed by atoms with van der Waals surface area (Å²) in [6, 6.07) is 13.8. The van der Waals surface area contributed by atoms with Gasteiger partial charge in [-0.2, -0.15) is 0 Å². The summed E-state index contributed by atoms with van der Waals surface area (Å²) < 4.78 is 5.00. The summed E-state index contributed by atoms with van der Waals surface area (Å²) in [5.41, 5.74) is 3.25. The minimum atomic E-state index is -0.435. The molecule has 1 saturated carbocycles. The lowest BCUT2D eigenvalue weighted by Gasteiger charge is -2.13. The van der Waals surface area contributed by atoms with E-state index < -0.39 is 5.97 Å². The zero-order valence-electron chi connectivity index (χ0n) is 17.1. The Morgan fingerprint density at radius 1 is 1.00 bits per heavy atom. The van der Waals surface area contributed by atoms with Gasteiger partial charge in [0.2, 0.25) is 5.91 Å². The molecule has 2 aromatic carbocycles. The Morgan fingerprint density at radius 3 is 2.43 bits per heavy atom. The van der Waals surface area contributed by atoms with E-state index in [2.05, 4.69) is 10.6 Å². The quantitative estimate of drug-likeness (QED) is 0.424. The molecule has 2 N–H and O–H groups in total. The highest BCUT2D eigenvalue weighted by Crippen LogP contribution is 2.22. The molecule has 1 aliphatic carbocycles. The van der Waals surface area contributed by atoms with Crippen molar-refractivity contribution < 1.29 is 19.1 Å². The van der Waals surface area contributed by atoms with Crippen molar-refractivity contribution in [1.82, 2.24) is 5.32 Å². The molecule has 6 heteroatoms. The Balaban J connectivity index is 1.51. The lowest BCUT2D eigenvalue weighted by Crippen LogP contribution is -2.22. The first-order valence-electron chi connectivity index (χ1n) is 10.2. The minimum absolute atomic E-state index is 0.0967. The summed E-state index contributed by atoms with van der Waals surface area (Å²) in [7, 11) is 0. The molecule has 1 fully saturated rings. The number of nitrogens with one attached hydrogen (secondary N) is 2. The largest absolute Gasteiger partial charge is 0.427 e. The van der Waals surface area contributed by atoms with Crippen LogP contribution in [0.15, 0.2) is 60.2 Å². The molecule has 0 aliphatic heterocycles. The monoisotopic (exact) mass is 406 g/mol. The van der Waals surface area contributed by atoms with Gasteiger partial charge in [-0.05, 0) is 61.6 Å². The van der Waals surface area contributed by atoms with Gasteiger partial charge in [-0.25, -0.2) is 0 Å². The third kappa shape index (κ3) is 6.58. The second-order valence-corrected chi connectivity index (χ2v) is 7.35. The van der Waals surface area contributed by atoms with Crippen LogP contribution >= 0.6 is 0 Å². The van der Waals surface area contributed by atoms with Crippen molar-refractivity contribution in [3.05, 3.63) is 71.3 Å². The lowest BCUT2D eigenvalue weighted by molar-refractivity contribution is -0.131. The van der Waals surface area contributed by atoms with Crippen LogP contribution in [0.2, 0.25) is 0 Å². The van der Waals surface area contributed by atoms with Gasteiger partial charge in [0.1, 0.15) is 5.75 Å². The molecule has 2 aromatic rings. The van der Waals surface area contributed by atoms with Crippen LogP contribution in [0.1, 0.15) is 54.9 Å². The van der Waals surface area contributed by atoms with Crippen LogP contribution < -0.4 is 15.4 Å². The molecule has 0 aromatic heterocycles. The highest BCUT2D eigenvalue weighted by molar-refractivity contribution is 5.99. The van der Waals surface area contributed by atoms with Crippen molar-refractivity contribution in [2.24, 2.45) is 0 Å². The van der Waals surface area contributed by atoms with Gasteiger partial charge in [-0.15, -0.1) is 0 Å². The van der Waals surface area contributed by atoms with E-state index >= 15 is 0 Å². The molecule has 3 rings (SSSR count). The number of benzene rings is 2. The number of hydrogen-bond acceptors (Lipinski definition) is 4. The second-order valence-electron chi connectivity index (χ2n) is 7.35. The topological polar surface area (TPSA) is 84.5 Å². The highest BCUT2D eigenvalue weighted by atomic mass is 16.5. The number of ether oxygens (including phenoxy) is 1. The Labute approximate surface area is 176 Å². The molecule has 0 spiro atoms. The van der Waals surface area contributed by atoms with Crippen LogP contribution in [0.5, 0.6) is 5.75 Å². The SMILES string of the molecule is CC(=O)Oc1cccc(C(=O)NCc2ccc(NC(=O)C=C3CCCCC3)cc2)c1. The predicted molar refractivity (Wildman–Crippen MR) is 115 cm³/mol. The number of rotatable bonds is 6. The van der Waals surface area contributed by atoms with Crippen LogP contribution in [0.25, 0.3) is 0 Å². The van der Waals surface area contributed by atoms with Gasteiger partial charge in [-0.3, -0.25) is 14.4 Å². The van der Waals surface area contributed by atoms with Crippen LogP contribution in [0.3, 0.4) is 0 Å². The highest BCUT2D eigenvalue weighted by Gasteiger charge is 2.09. The molecule has 0 unspecified atom stereocenters. The summed E-state index contributed by atoms with van der Waals surface area (Å²) >= 11 is 0. The average molecular weight is 406 g/mol. The van der Waals surface area contributed by atoms with Gasteiger partial charge >= 0.3 is 5.97 Å². The first kappa shape index (κ1) is 21.3. The molecule has 0 heterocycles. The van der Waals surface area contributed by atoms with Crippen LogP contribution in [0.4, 0.5) is 5.69 Å². The maximum absolute atomic E-state index is 12.3. The van der Waals surface area contributed by atoms with Crippen molar-refractivity contribution in [3.8, 4) is 5.75 Å². The Bertz CT molecular complexity index is 940. The zero-order chi connectivity index (χ0) is 21.3. The smallest absolute Gasteiger partial charge is 0.308 e. The van der Waals surface area contributed by atoms with E-state index in [1.807, 2.05) is 24.3 Å². The molecule has 0 radical (unpaired) electrons. The van der Waals surface area contributed by atoms with Gasteiger partial charge in [0.15, 0.2) is 0 Å². The van der Waals surface area contributed by atoms with Crippen molar-refractivity contribution in [2.75, 3.05) is 5.32 Å². The van der Waals surface area contributed by atoms with Gasteiger partial charge in [-0.1, -0.05) is 30.2 Å². The predicted octanol–water partition coefficient (Wildman–Crippen LogP) is 4.37. The number of carbonyl (C=O) groups excluding carboxylic acids is 3. The molecule has 0 bridgehead atoms. The van der Waals surface area contributed by atoms with Crippen LogP contribution in [0, 0.1) is 0 Å². The molecule has 6 nitrogen and oxygen atoms in total. The molecule has 1 aliphatic rings. The molecule has 2 amide bonds. The number of esters is 1. The first-order chi connectivity index (χ1) is 14.5. The summed E-state index contributed by atoms with van der Waals surface area (Å²) in [5.74, 6) is -0.464. The normalized spacial score (nSPS) is 13.3. The molecule has 156 valence electrons. The maximum Gasteiger partial charge on any atom is 0.308 e. The van der Waals surface area contributed by atoms with E-state index in [0.717, 1.165) is 36.9 Å². The van der Waals surface area contributed by atoms with E-state index in [-0.39, 0.29) is 11.8 Å².